The second-order valence-electron chi connectivity index (χ2n) is 7.66. The first-order valence-electron chi connectivity index (χ1n) is 8.43. The lowest BCUT2D eigenvalue weighted by Gasteiger charge is -2.47. The Labute approximate surface area is 139 Å². The molecule has 0 spiro atoms. The van der Waals surface area contributed by atoms with Crippen LogP contribution in [0.1, 0.15) is 60.8 Å². The summed E-state index contributed by atoms with van der Waals surface area (Å²) >= 11 is 0. The Morgan fingerprint density at radius 3 is 2.48 bits per heavy atom. The molecule has 3 heteroatoms. The lowest BCUT2D eigenvalue weighted by atomic mass is 9.58. The molecule has 2 aliphatic carbocycles. The average molecular weight is 316 g/mol. The molecule has 2 aliphatic rings. The summed E-state index contributed by atoms with van der Waals surface area (Å²) < 4.78 is 5.68. The fourth-order valence-electron chi connectivity index (χ4n) is 3.70. The number of hydrogen-bond donors (Lipinski definition) is 0. The Bertz CT molecular complexity index is 613. The van der Waals surface area contributed by atoms with E-state index in [1.165, 1.54) is 6.08 Å². The molecule has 1 saturated carbocycles. The number of fused-ring (bicyclic) bond motifs is 1. The van der Waals surface area contributed by atoms with Crippen LogP contribution in [-0.4, -0.2) is 17.9 Å². The molecule has 0 heterocycles. The van der Waals surface area contributed by atoms with Gasteiger partial charge in [0.2, 0.25) is 0 Å². The average Bonchev–Trinajstić information content (AvgIpc) is 2.43. The maximum absolute atomic E-state index is 12.5. The molecule has 126 valence electrons. The first-order valence-corrected chi connectivity index (χ1v) is 8.43. The van der Waals surface area contributed by atoms with E-state index in [-0.39, 0.29) is 23.3 Å². The monoisotopic (exact) mass is 316 g/mol. The third-order valence-corrected chi connectivity index (χ3v) is 5.35. The Morgan fingerprint density at radius 2 is 1.91 bits per heavy atom. The van der Waals surface area contributed by atoms with E-state index in [0.29, 0.717) is 5.92 Å². The summed E-state index contributed by atoms with van der Waals surface area (Å²) in [6, 6.07) is 0. The smallest absolute Gasteiger partial charge is 0.331 e. The molecule has 1 fully saturated rings. The maximum atomic E-state index is 12.5. The van der Waals surface area contributed by atoms with Crippen LogP contribution in [0.2, 0.25) is 0 Å². The molecule has 2 rings (SSSR count). The zero-order valence-electron chi connectivity index (χ0n) is 15.2. The van der Waals surface area contributed by atoms with Crippen molar-refractivity contribution in [2.75, 3.05) is 0 Å². The van der Waals surface area contributed by atoms with Crippen LogP contribution in [0.15, 0.2) is 34.4 Å². The lowest BCUT2D eigenvalue weighted by molar-refractivity contribution is -0.143. The topological polar surface area (TPSA) is 43.4 Å². The van der Waals surface area contributed by atoms with Crippen molar-refractivity contribution < 1.29 is 14.3 Å². The van der Waals surface area contributed by atoms with Gasteiger partial charge < -0.3 is 4.74 Å². The van der Waals surface area contributed by atoms with Gasteiger partial charge in [-0.2, -0.15) is 0 Å². The quantitative estimate of drug-likeness (QED) is 0.555. The van der Waals surface area contributed by atoms with Gasteiger partial charge in [-0.25, -0.2) is 4.79 Å². The number of ether oxygens (including phenoxy) is 1. The van der Waals surface area contributed by atoms with E-state index in [9.17, 15) is 9.59 Å². The van der Waals surface area contributed by atoms with Crippen molar-refractivity contribution in [2.45, 2.75) is 66.9 Å². The molecule has 3 atom stereocenters. The van der Waals surface area contributed by atoms with Crippen molar-refractivity contribution in [1.29, 1.82) is 0 Å². The second-order valence-corrected chi connectivity index (χ2v) is 7.66. The molecule has 0 aromatic heterocycles. The van der Waals surface area contributed by atoms with E-state index in [1.807, 2.05) is 27.7 Å². The Balaban J connectivity index is 2.37. The molecular formula is C20H28O3. The third kappa shape index (κ3) is 3.49. The molecule has 0 aromatic carbocycles. The molecule has 0 aliphatic heterocycles. The van der Waals surface area contributed by atoms with Crippen LogP contribution >= 0.6 is 0 Å². The van der Waals surface area contributed by atoms with E-state index in [0.717, 1.165) is 41.6 Å². The summed E-state index contributed by atoms with van der Waals surface area (Å²) in [7, 11) is 0. The van der Waals surface area contributed by atoms with Gasteiger partial charge in [0.15, 0.2) is 5.78 Å². The van der Waals surface area contributed by atoms with Gasteiger partial charge in [-0.05, 0) is 75.5 Å². The number of carbonyl (C=O) groups is 2. The van der Waals surface area contributed by atoms with Crippen LogP contribution in [0.25, 0.3) is 0 Å². The van der Waals surface area contributed by atoms with E-state index in [2.05, 4.69) is 13.8 Å². The lowest BCUT2D eigenvalue weighted by Crippen LogP contribution is -2.43. The standard InChI is InChI=1S/C20H28O3/c1-12(2)9-19(22)23-18-8-7-14(5)20(6)11-15(13(3)4)17(21)10-16(18)20/h9-10,14,18H,7-8,11H2,1-6H3. The van der Waals surface area contributed by atoms with E-state index < -0.39 is 0 Å². The van der Waals surface area contributed by atoms with Crippen molar-refractivity contribution in [3.63, 3.8) is 0 Å². The van der Waals surface area contributed by atoms with Crippen molar-refractivity contribution >= 4 is 11.8 Å². The largest absolute Gasteiger partial charge is 0.455 e. The van der Waals surface area contributed by atoms with Crippen molar-refractivity contribution in [1.82, 2.24) is 0 Å². The van der Waals surface area contributed by atoms with Crippen LogP contribution in [0.5, 0.6) is 0 Å². The first kappa shape index (κ1) is 17.7. The van der Waals surface area contributed by atoms with Crippen molar-refractivity contribution in [3.05, 3.63) is 34.4 Å². The molecule has 0 radical (unpaired) electrons. The van der Waals surface area contributed by atoms with E-state index >= 15 is 0 Å². The van der Waals surface area contributed by atoms with Gasteiger partial charge in [0.25, 0.3) is 0 Å². The minimum absolute atomic E-state index is 0.0786. The van der Waals surface area contributed by atoms with Crippen LogP contribution < -0.4 is 0 Å². The van der Waals surface area contributed by atoms with Crippen LogP contribution in [0, 0.1) is 11.3 Å². The molecule has 23 heavy (non-hydrogen) atoms. The maximum Gasteiger partial charge on any atom is 0.331 e. The number of hydrogen-bond acceptors (Lipinski definition) is 3. The third-order valence-electron chi connectivity index (χ3n) is 5.35. The fourth-order valence-corrected chi connectivity index (χ4v) is 3.70. The normalized spacial score (nSPS) is 30.3. The van der Waals surface area contributed by atoms with Crippen LogP contribution in [0.4, 0.5) is 0 Å². The highest BCUT2D eigenvalue weighted by Crippen LogP contribution is 2.52. The van der Waals surface area contributed by atoms with Crippen molar-refractivity contribution in [3.8, 4) is 0 Å². The predicted molar refractivity (Wildman–Crippen MR) is 91.9 cm³/mol. The summed E-state index contributed by atoms with van der Waals surface area (Å²) in [5.41, 5.74) is 3.82. The summed E-state index contributed by atoms with van der Waals surface area (Å²) in [6.45, 7) is 12.2. The Morgan fingerprint density at radius 1 is 1.26 bits per heavy atom. The molecule has 0 amide bonds. The Hall–Kier alpha value is -1.64. The van der Waals surface area contributed by atoms with E-state index in [1.54, 1.807) is 6.08 Å². The molecule has 0 saturated heterocycles. The summed E-state index contributed by atoms with van der Waals surface area (Å²) in [6.07, 6.45) is 5.52. The summed E-state index contributed by atoms with van der Waals surface area (Å²) in [4.78, 5) is 24.5. The highest BCUT2D eigenvalue weighted by atomic mass is 16.5. The number of esters is 1. The molecule has 0 bridgehead atoms. The second kappa shape index (κ2) is 6.46. The predicted octanol–water partition coefficient (Wildman–Crippen LogP) is 4.54. The fraction of sp³-hybridized carbons (Fsp3) is 0.600. The van der Waals surface area contributed by atoms with Crippen molar-refractivity contribution in [2.24, 2.45) is 11.3 Å². The highest BCUT2D eigenvalue weighted by molar-refractivity contribution is 6.06. The molecular weight excluding hydrogens is 288 g/mol. The molecule has 3 nitrogen and oxygen atoms in total. The SMILES string of the molecule is CC(C)=CC(=O)OC1CCC(C)C2(C)CC(=C(C)C)C(=O)C=C12. The summed E-state index contributed by atoms with van der Waals surface area (Å²) in [5.74, 6) is 0.234. The zero-order chi connectivity index (χ0) is 17.4. The molecule has 0 aromatic rings. The Kier molecular flexibility index (Phi) is 4.98. The number of rotatable bonds is 2. The van der Waals surface area contributed by atoms with Gasteiger partial charge >= 0.3 is 5.97 Å². The minimum Gasteiger partial charge on any atom is -0.455 e. The molecule has 3 unspecified atom stereocenters. The minimum atomic E-state index is -0.312. The van der Waals surface area contributed by atoms with E-state index in [4.69, 9.17) is 4.74 Å². The number of ketones is 1. The van der Waals surface area contributed by atoms with Crippen LogP contribution in [-0.2, 0) is 14.3 Å². The number of carbonyl (C=O) groups excluding carboxylic acids is 2. The zero-order valence-corrected chi connectivity index (χ0v) is 15.2. The van der Waals surface area contributed by atoms with Gasteiger partial charge in [0.1, 0.15) is 6.10 Å². The van der Waals surface area contributed by atoms with Gasteiger partial charge in [-0.15, -0.1) is 0 Å². The van der Waals surface area contributed by atoms with Crippen LogP contribution in [0.3, 0.4) is 0 Å². The van der Waals surface area contributed by atoms with Gasteiger partial charge in [-0.3, -0.25) is 4.79 Å². The highest BCUT2D eigenvalue weighted by Gasteiger charge is 2.47. The van der Waals surface area contributed by atoms with Gasteiger partial charge in [0, 0.05) is 6.08 Å². The van der Waals surface area contributed by atoms with Gasteiger partial charge in [0.05, 0.1) is 0 Å². The summed E-state index contributed by atoms with van der Waals surface area (Å²) in [5, 5.41) is 0. The van der Waals surface area contributed by atoms with Gasteiger partial charge in [-0.1, -0.05) is 25.0 Å². The number of allylic oxidation sites excluding steroid dienone is 4. The molecule has 0 N–H and O–H groups in total. The first-order chi connectivity index (χ1) is 10.6.